The number of rotatable bonds is 7. The SMILES string of the molecule is COC(=O)C1=C(CN2C3COCC2C(O)C(CC(=O)O)C3)NC(c2nccs2)=NC1c1ccc(F)cc1Cl. The molecular weight excluding hydrogens is 539 g/mol. The number of methoxy groups -OCH3 is 1. The highest BCUT2D eigenvalue weighted by molar-refractivity contribution is 7.11. The minimum atomic E-state index is -0.963. The number of aliphatic hydroxyl groups excluding tert-OH is 1. The van der Waals surface area contributed by atoms with Gasteiger partial charge in [0.15, 0.2) is 10.8 Å². The van der Waals surface area contributed by atoms with Crippen LogP contribution in [0, 0.1) is 11.7 Å². The number of ether oxygens (including phenoxy) is 2. The molecule has 5 rings (SSSR count). The topological polar surface area (TPSA) is 134 Å². The van der Waals surface area contributed by atoms with Crippen LogP contribution in [0.5, 0.6) is 0 Å². The molecule has 2 bridgehead atoms. The van der Waals surface area contributed by atoms with Gasteiger partial charge in [-0.05, 0) is 24.5 Å². The van der Waals surface area contributed by atoms with E-state index >= 15 is 0 Å². The van der Waals surface area contributed by atoms with Crippen molar-refractivity contribution in [2.75, 3.05) is 26.9 Å². The van der Waals surface area contributed by atoms with Crippen LogP contribution >= 0.6 is 22.9 Å². The molecule has 5 unspecified atom stereocenters. The monoisotopic (exact) mass is 564 g/mol. The second-order valence-electron chi connectivity index (χ2n) is 9.41. The zero-order chi connectivity index (χ0) is 27.0. The summed E-state index contributed by atoms with van der Waals surface area (Å²) in [5, 5.41) is 26.1. The fraction of sp³-hybridized carbons (Fsp3) is 0.440. The Morgan fingerprint density at radius 1 is 1.37 bits per heavy atom. The van der Waals surface area contributed by atoms with E-state index in [9.17, 15) is 24.2 Å². The number of esters is 1. The molecule has 10 nitrogen and oxygen atoms in total. The van der Waals surface area contributed by atoms with Crippen molar-refractivity contribution in [1.29, 1.82) is 0 Å². The van der Waals surface area contributed by atoms with Gasteiger partial charge >= 0.3 is 11.9 Å². The third-order valence-electron chi connectivity index (χ3n) is 7.15. The maximum Gasteiger partial charge on any atom is 0.338 e. The normalized spacial score (nSPS) is 27.5. The molecule has 0 spiro atoms. The minimum Gasteiger partial charge on any atom is -0.481 e. The van der Waals surface area contributed by atoms with E-state index in [1.54, 1.807) is 11.6 Å². The van der Waals surface area contributed by atoms with Crippen molar-refractivity contribution in [2.45, 2.75) is 37.1 Å². The van der Waals surface area contributed by atoms with Crippen LogP contribution in [-0.4, -0.2) is 82.9 Å². The van der Waals surface area contributed by atoms with E-state index in [0.29, 0.717) is 35.1 Å². The first kappa shape index (κ1) is 26.7. The Morgan fingerprint density at radius 3 is 2.87 bits per heavy atom. The van der Waals surface area contributed by atoms with E-state index in [-0.39, 0.29) is 36.2 Å². The van der Waals surface area contributed by atoms with Gasteiger partial charge in [-0.15, -0.1) is 11.3 Å². The Bertz CT molecular complexity index is 1290. The molecular formula is C25H26ClFN4O6S. The van der Waals surface area contributed by atoms with Crippen LogP contribution < -0.4 is 5.32 Å². The maximum absolute atomic E-state index is 13.9. The molecule has 5 atom stereocenters. The van der Waals surface area contributed by atoms with E-state index in [1.807, 2.05) is 4.90 Å². The lowest BCUT2D eigenvalue weighted by molar-refractivity contribution is -0.155. The van der Waals surface area contributed by atoms with Gasteiger partial charge in [0.05, 0.1) is 44.5 Å². The number of halogens is 2. The lowest BCUT2D eigenvalue weighted by Crippen LogP contribution is -2.64. The number of carbonyl (C=O) groups is 2. The molecule has 202 valence electrons. The molecule has 13 heteroatoms. The van der Waals surface area contributed by atoms with Crippen molar-refractivity contribution >= 4 is 40.7 Å². The maximum atomic E-state index is 13.9. The molecule has 2 saturated heterocycles. The second-order valence-corrected chi connectivity index (χ2v) is 10.7. The average Bonchev–Trinajstić information content (AvgIpc) is 3.42. The van der Waals surface area contributed by atoms with Gasteiger partial charge in [0.25, 0.3) is 0 Å². The van der Waals surface area contributed by atoms with Crippen LogP contribution in [0.25, 0.3) is 0 Å². The van der Waals surface area contributed by atoms with E-state index in [4.69, 9.17) is 26.1 Å². The minimum absolute atomic E-state index is 0.107. The average molecular weight is 565 g/mol. The molecule has 3 N–H and O–H groups in total. The van der Waals surface area contributed by atoms with Gasteiger partial charge < -0.3 is 25.0 Å². The van der Waals surface area contributed by atoms with E-state index < -0.39 is 41.9 Å². The van der Waals surface area contributed by atoms with Crippen LogP contribution in [0.1, 0.15) is 29.5 Å². The van der Waals surface area contributed by atoms with Gasteiger partial charge in [-0.1, -0.05) is 17.7 Å². The van der Waals surface area contributed by atoms with Crippen LogP contribution in [-0.2, 0) is 19.1 Å². The predicted molar refractivity (Wildman–Crippen MR) is 136 cm³/mol. The zero-order valence-corrected chi connectivity index (χ0v) is 21.9. The number of aliphatic carboxylic acids is 1. The molecule has 1 aromatic heterocycles. The Morgan fingerprint density at radius 2 is 2.18 bits per heavy atom. The Hall–Kier alpha value is -2.90. The van der Waals surface area contributed by atoms with E-state index in [1.165, 1.54) is 30.6 Å². The lowest BCUT2D eigenvalue weighted by Gasteiger charge is -2.51. The number of carboxylic acids is 1. The summed E-state index contributed by atoms with van der Waals surface area (Å²) < 4.78 is 24.7. The fourth-order valence-corrected chi connectivity index (χ4v) is 6.27. The molecule has 0 amide bonds. The first-order valence-corrected chi connectivity index (χ1v) is 13.3. The molecule has 38 heavy (non-hydrogen) atoms. The molecule has 0 saturated carbocycles. The lowest BCUT2D eigenvalue weighted by atomic mass is 9.80. The van der Waals surface area contributed by atoms with Crippen LogP contribution in [0.2, 0.25) is 5.02 Å². The standard InChI is InChI=1S/C25H26ClFN4O6S/c1-36-25(35)20-17(9-31-14-6-12(7-19(32)33)22(34)18(31)11-37-10-14)29-23(24-28-4-5-38-24)30-21(20)15-3-2-13(27)8-16(15)26/h2-5,8,12,14,18,21-22,34H,6-7,9-11H2,1H3,(H,29,30)(H,32,33). The number of aromatic nitrogens is 1. The van der Waals surface area contributed by atoms with Crippen molar-refractivity contribution in [3.8, 4) is 0 Å². The summed E-state index contributed by atoms with van der Waals surface area (Å²) in [6, 6.07) is 2.34. The van der Waals surface area contributed by atoms with Gasteiger partial charge in [-0.3, -0.25) is 14.7 Å². The number of fused-ring (bicyclic) bond motifs is 2. The van der Waals surface area contributed by atoms with Crippen molar-refractivity contribution in [1.82, 2.24) is 15.2 Å². The number of thiazole rings is 1. The quantitative estimate of drug-likeness (QED) is 0.433. The van der Waals surface area contributed by atoms with Crippen molar-refractivity contribution in [3.05, 3.63) is 62.5 Å². The number of carbonyl (C=O) groups excluding carboxylic acids is 1. The number of amidine groups is 1. The Labute approximate surface area is 226 Å². The molecule has 0 aliphatic carbocycles. The summed E-state index contributed by atoms with van der Waals surface area (Å²) in [6.45, 7) is 0.774. The second kappa shape index (κ2) is 11.1. The van der Waals surface area contributed by atoms with Gasteiger partial charge in [-0.25, -0.2) is 14.2 Å². The molecule has 2 aromatic rings. The summed E-state index contributed by atoms with van der Waals surface area (Å²) in [5.41, 5.74) is 1.09. The van der Waals surface area contributed by atoms with Gasteiger partial charge in [-0.2, -0.15) is 0 Å². The highest BCUT2D eigenvalue weighted by Gasteiger charge is 2.46. The molecule has 3 aliphatic heterocycles. The molecule has 3 aliphatic rings. The van der Waals surface area contributed by atoms with Gasteiger partial charge in [0, 0.05) is 40.4 Å². The number of piperidine rings is 1. The van der Waals surface area contributed by atoms with Gasteiger partial charge in [0.2, 0.25) is 0 Å². The number of hydrogen-bond acceptors (Lipinski definition) is 10. The summed E-state index contributed by atoms with van der Waals surface area (Å²) >= 11 is 7.77. The summed E-state index contributed by atoms with van der Waals surface area (Å²) in [5.74, 6) is -2.12. The number of carboxylic acid groups (broad SMARTS) is 1. The summed E-state index contributed by atoms with van der Waals surface area (Å²) in [7, 11) is 1.26. The summed E-state index contributed by atoms with van der Waals surface area (Å²) in [6.07, 6.45) is 0.991. The molecule has 1 aromatic carbocycles. The molecule has 4 heterocycles. The highest BCUT2D eigenvalue weighted by Crippen LogP contribution is 2.39. The number of hydrogen-bond donors (Lipinski definition) is 3. The first-order valence-electron chi connectivity index (χ1n) is 12.0. The first-order chi connectivity index (χ1) is 18.3. The van der Waals surface area contributed by atoms with Crippen molar-refractivity contribution in [3.63, 3.8) is 0 Å². The van der Waals surface area contributed by atoms with E-state index in [2.05, 4.69) is 10.3 Å². The number of nitrogens with one attached hydrogen (secondary N) is 1. The zero-order valence-electron chi connectivity index (χ0n) is 20.3. The van der Waals surface area contributed by atoms with Crippen LogP contribution in [0.15, 0.2) is 46.0 Å². The number of aliphatic imine (C=N–C) groups is 1. The smallest absolute Gasteiger partial charge is 0.338 e. The number of aliphatic hydroxyl groups is 1. The van der Waals surface area contributed by atoms with Crippen molar-refractivity contribution in [2.24, 2.45) is 10.9 Å². The Kier molecular flexibility index (Phi) is 7.78. The summed E-state index contributed by atoms with van der Waals surface area (Å²) in [4.78, 5) is 35.7. The van der Waals surface area contributed by atoms with Crippen molar-refractivity contribution < 1.29 is 33.7 Å². The number of morpholine rings is 1. The van der Waals surface area contributed by atoms with Gasteiger partial charge in [0.1, 0.15) is 11.9 Å². The molecule has 0 radical (unpaired) electrons. The molecule has 2 fully saturated rings. The third kappa shape index (κ3) is 5.19. The fourth-order valence-electron chi connectivity index (χ4n) is 5.41. The third-order valence-corrected chi connectivity index (χ3v) is 8.25. The van der Waals surface area contributed by atoms with Crippen LogP contribution in [0.4, 0.5) is 4.39 Å². The number of benzene rings is 1. The largest absolute Gasteiger partial charge is 0.481 e. The predicted octanol–water partition coefficient (Wildman–Crippen LogP) is 2.38. The highest BCUT2D eigenvalue weighted by atomic mass is 35.5. The van der Waals surface area contributed by atoms with Crippen LogP contribution in [0.3, 0.4) is 0 Å². The van der Waals surface area contributed by atoms with E-state index in [0.717, 1.165) is 6.07 Å². The number of nitrogens with zero attached hydrogens (tertiary/aromatic N) is 3. The Balaban J connectivity index is 1.57.